The molecule has 0 aromatic carbocycles. The molecule has 9 nitrogen and oxygen atoms in total. The molecule has 0 spiro atoms. The van der Waals surface area contributed by atoms with Crippen LogP contribution in [-0.2, 0) is 16.1 Å². The van der Waals surface area contributed by atoms with Crippen molar-refractivity contribution >= 4 is 24.0 Å². The number of nitro groups is 1. The first-order chi connectivity index (χ1) is 11.9. The van der Waals surface area contributed by atoms with Crippen molar-refractivity contribution in [2.24, 2.45) is 5.41 Å². The van der Waals surface area contributed by atoms with E-state index >= 15 is 0 Å². The zero-order valence-corrected chi connectivity index (χ0v) is 16.4. The number of methoxy groups -OCH3 is 1. The average molecular weight is 390 g/mol. The molecule has 0 radical (unpaired) electrons. The molecule has 1 aromatic heterocycles. The number of halogens is 1. The number of rotatable bonds is 8. The van der Waals surface area contributed by atoms with Crippen molar-refractivity contribution in [1.82, 2.24) is 20.4 Å². The minimum Gasteiger partial charge on any atom is -0.384 e. The molecule has 0 aliphatic carbocycles. The summed E-state index contributed by atoms with van der Waals surface area (Å²) in [7, 11) is 1.68. The van der Waals surface area contributed by atoms with Crippen LogP contribution in [0.15, 0.2) is 0 Å². The molecule has 0 atom stereocenters. The van der Waals surface area contributed by atoms with E-state index in [0.717, 1.165) is 25.9 Å². The lowest BCUT2D eigenvalue weighted by Gasteiger charge is -2.37. The molecule has 26 heavy (non-hydrogen) atoms. The Morgan fingerprint density at radius 2 is 2.08 bits per heavy atom. The number of amides is 1. The maximum atomic E-state index is 12.2. The van der Waals surface area contributed by atoms with Crippen LogP contribution in [-0.4, -0.2) is 54.0 Å². The van der Waals surface area contributed by atoms with Crippen molar-refractivity contribution in [3.05, 3.63) is 21.5 Å². The van der Waals surface area contributed by atoms with Crippen molar-refractivity contribution in [2.45, 2.75) is 39.7 Å². The normalized spacial score (nSPS) is 16.0. The molecule has 1 amide bonds. The Balaban J connectivity index is 0.00000338. The molecule has 2 N–H and O–H groups in total. The zero-order chi connectivity index (χ0) is 18.4. The Labute approximate surface area is 159 Å². The number of carbonyl (C=O) groups is 1. The predicted molar refractivity (Wildman–Crippen MR) is 99.6 cm³/mol. The number of aryl methyl sites for hydroxylation is 2. The monoisotopic (exact) mass is 389 g/mol. The van der Waals surface area contributed by atoms with Gasteiger partial charge in [-0.1, -0.05) is 0 Å². The second-order valence-corrected chi connectivity index (χ2v) is 6.71. The molecule has 1 aromatic rings. The number of hydrogen-bond acceptors (Lipinski definition) is 6. The lowest BCUT2D eigenvalue weighted by atomic mass is 9.79. The first-order valence-corrected chi connectivity index (χ1v) is 8.53. The Morgan fingerprint density at radius 3 is 2.62 bits per heavy atom. The van der Waals surface area contributed by atoms with Crippen molar-refractivity contribution in [1.29, 1.82) is 0 Å². The van der Waals surface area contributed by atoms with E-state index in [0.29, 0.717) is 31.1 Å². The van der Waals surface area contributed by atoms with Gasteiger partial charge in [-0.2, -0.15) is 5.10 Å². The van der Waals surface area contributed by atoms with Crippen molar-refractivity contribution in [2.75, 3.05) is 33.4 Å². The third-order valence-corrected chi connectivity index (χ3v) is 4.85. The molecule has 2 rings (SSSR count). The summed E-state index contributed by atoms with van der Waals surface area (Å²) in [5, 5.41) is 21.5. The third-order valence-electron chi connectivity index (χ3n) is 4.85. The van der Waals surface area contributed by atoms with Crippen LogP contribution in [0.5, 0.6) is 0 Å². The van der Waals surface area contributed by atoms with Crippen LogP contribution in [0.3, 0.4) is 0 Å². The van der Waals surface area contributed by atoms with Crippen LogP contribution in [0.4, 0.5) is 5.69 Å². The summed E-state index contributed by atoms with van der Waals surface area (Å²) in [6.07, 6.45) is 2.16. The fraction of sp³-hybridized carbons (Fsp3) is 0.750. The minimum atomic E-state index is -0.431. The number of nitrogens with one attached hydrogen (secondary N) is 2. The fourth-order valence-corrected chi connectivity index (χ4v) is 3.39. The molecule has 1 fully saturated rings. The van der Waals surface area contributed by atoms with Gasteiger partial charge in [0, 0.05) is 25.5 Å². The first-order valence-electron chi connectivity index (χ1n) is 8.53. The molecular weight excluding hydrogens is 362 g/mol. The van der Waals surface area contributed by atoms with Crippen molar-refractivity contribution in [3.8, 4) is 0 Å². The van der Waals surface area contributed by atoms with Crippen LogP contribution in [0.25, 0.3) is 0 Å². The van der Waals surface area contributed by atoms with Gasteiger partial charge in [0.1, 0.15) is 11.4 Å². The highest BCUT2D eigenvalue weighted by Gasteiger charge is 2.32. The molecule has 0 unspecified atom stereocenters. The Morgan fingerprint density at radius 1 is 1.42 bits per heavy atom. The van der Waals surface area contributed by atoms with Crippen molar-refractivity contribution < 1.29 is 14.5 Å². The summed E-state index contributed by atoms with van der Waals surface area (Å²) < 4.78 is 6.87. The summed E-state index contributed by atoms with van der Waals surface area (Å²) in [4.78, 5) is 22.8. The van der Waals surface area contributed by atoms with E-state index in [1.54, 1.807) is 21.0 Å². The van der Waals surface area contributed by atoms with Gasteiger partial charge in [0.2, 0.25) is 5.91 Å². The number of nitrogens with zero attached hydrogens (tertiary/aromatic N) is 3. The summed E-state index contributed by atoms with van der Waals surface area (Å²) in [5.41, 5.74) is 0.849. The quantitative estimate of drug-likeness (QED) is 0.512. The van der Waals surface area contributed by atoms with Crippen LogP contribution in [0.1, 0.15) is 30.7 Å². The fourth-order valence-electron chi connectivity index (χ4n) is 3.39. The number of piperidine rings is 1. The molecule has 1 aliphatic rings. The highest BCUT2D eigenvalue weighted by molar-refractivity contribution is 5.85. The zero-order valence-electron chi connectivity index (χ0n) is 15.5. The van der Waals surface area contributed by atoms with Crippen LogP contribution >= 0.6 is 12.4 Å². The maximum absolute atomic E-state index is 12.2. The Hall–Kier alpha value is -1.71. The second-order valence-electron chi connectivity index (χ2n) is 6.71. The largest absolute Gasteiger partial charge is 0.384 e. The van der Waals surface area contributed by atoms with Crippen LogP contribution in [0.2, 0.25) is 0 Å². The topological polar surface area (TPSA) is 111 Å². The lowest BCUT2D eigenvalue weighted by molar-refractivity contribution is -0.386. The smallest absolute Gasteiger partial charge is 0.312 e. The molecule has 0 bridgehead atoms. The predicted octanol–water partition coefficient (Wildman–Crippen LogP) is 1.35. The van der Waals surface area contributed by atoms with E-state index in [4.69, 9.17) is 4.74 Å². The molecule has 1 aliphatic heterocycles. The Kier molecular flexibility index (Phi) is 8.45. The van der Waals surface area contributed by atoms with E-state index in [1.165, 1.54) is 4.68 Å². The maximum Gasteiger partial charge on any atom is 0.312 e. The third kappa shape index (κ3) is 5.39. The molecule has 1 saturated heterocycles. The van der Waals surface area contributed by atoms with Gasteiger partial charge in [0.25, 0.3) is 0 Å². The summed E-state index contributed by atoms with van der Waals surface area (Å²) in [5.74, 6) is -0.0794. The van der Waals surface area contributed by atoms with Gasteiger partial charge in [0.15, 0.2) is 0 Å². The first kappa shape index (κ1) is 22.3. The second kappa shape index (κ2) is 9.84. The van der Waals surface area contributed by atoms with E-state index in [9.17, 15) is 14.9 Å². The lowest BCUT2D eigenvalue weighted by Crippen LogP contribution is -2.47. The molecule has 10 heteroatoms. The summed E-state index contributed by atoms with van der Waals surface area (Å²) in [6, 6.07) is 0. The molecule has 2 heterocycles. The van der Waals surface area contributed by atoms with Gasteiger partial charge in [0.05, 0.1) is 18.1 Å². The highest BCUT2D eigenvalue weighted by atomic mass is 35.5. The standard InChI is InChI=1S/C16H27N5O4.ClH/c1-12-15(21(23)24)13(2)20(19-12)9-4-14(22)18-10-16(11-25-3)5-7-17-8-6-16;/h17H,4-11H2,1-3H3,(H,18,22);1H. The van der Waals surface area contributed by atoms with Gasteiger partial charge in [-0.05, 0) is 39.8 Å². The van der Waals surface area contributed by atoms with Crippen LogP contribution < -0.4 is 10.6 Å². The number of aromatic nitrogens is 2. The van der Waals surface area contributed by atoms with Gasteiger partial charge >= 0.3 is 5.69 Å². The number of hydrogen-bond donors (Lipinski definition) is 2. The van der Waals surface area contributed by atoms with Crippen molar-refractivity contribution in [3.63, 3.8) is 0 Å². The van der Waals surface area contributed by atoms with E-state index in [2.05, 4.69) is 15.7 Å². The molecule has 0 saturated carbocycles. The van der Waals surface area contributed by atoms with Gasteiger partial charge in [-0.25, -0.2) is 0 Å². The highest BCUT2D eigenvalue weighted by Crippen LogP contribution is 2.28. The van der Waals surface area contributed by atoms with Gasteiger partial charge in [-0.3, -0.25) is 19.6 Å². The van der Waals surface area contributed by atoms with Gasteiger partial charge in [-0.15, -0.1) is 12.4 Å². The SMILES string of the molecule is COCC1(CNC(=O)CCn2nc(C)c([N+](=O)[O-])c2C)CCNCC1.Cl. The Bertz CT molecular complexity index is 623. The van der Waals surface area contributed by atoms with Gasteiger partial charge < -0.3 is 15.4 Å². The van der Waals surface area contributed by atoms with E-state index in [-0.39, 0.29) is 35.8 Å². The number of ether oxygens (including phenoxy) is 1. The number of carbonyl (C=O) groups excluding carboxylic acids is 1. The van der Waals surface area contributed by atoms with Crippen LogP contribution in [0, 0.1) is 29.4 Å². The van der Waals surface area contributed by atoms with E-state index in [1.807, 2.05) is 0 Å². The average Bonchev–Trinajstić information content (AvgIpc) is 2.86. The molecule has 148 valence electrons. The summed E-state index contributed by atoms with van der Waals surface area (Å²) in [6.45, 7) is 6.64. The van der Waals surface area contributed by atoms with E-state index < -0.39 is 4.92 Å². The molecular formula is C16H28ClN5O4. The minimum absolute atomic E-state index is 0. The summed E-state index contributed by atoms with van der Waals surface area (Å²) >= 11 is 0.